The monoisotopic (exact) mass is 480 g/mol. The highest BCUT2D eigenvalue weighted by molar-refractivity contribution is 7.99. The van der Waals surface area contributed by atoms with Gasteiger partial charge in [0.15, 0.2) is 0 Å². The van der Waals surface area contributed by atoms with E-state index in [0.717, 1.165) is 23.3 Å². The van der Waals surface area contributed by atoms with Crippen LogP contribution in [-0.4, -0.2) is 35.1 Å². The maximum absolute atomic E-state index is 13.2. The Balaban J connectivity index is 2.13. The average molecular weight is 481 g/mol. The van der Waals surface area contributed by atoms with E-state index in [1.807, 2.05) is 43.3 Å². The molecule has 1 N–H and O–H groups in total. The molecule has 1 atom stereocenters. The van der Waals surface area contributed by atoms with Crippen molar-refractivity contribution in [1.82, 2.24) is 10.2 Å². The molecule has 168 valence electrons. The topological polar surface area (TPSA) is 49.4 Å². The van der Waals surface area contributed by atoms with E-state index < -0.39 is 6.04 Å². The first-order chi connectivity index (χ1) is 15.0. The highest BCUT2D eigenvalue weighted by Gasteiger charge is 2.28. The Hall–Kier alpha value is -1.69. The number of amides is 2. The van der Waals surface area contributed by atoms with Crippen LogP contribution in [0.4, 0.5) is 0 Å². The van der Waals surface area contributed by atoms with Gasteiger partial charge in [-0.25, -0.2) is 0 Å². The summed E-state index contributed by atoms with van der Waals surface area (Å²) in [5.74, 6) is 0.487. The Kier molecular flexibility index (Phi) is 11.3. The predicted molar refractivity (Wildman–Crippen MR) is 131 cm³/mol. The third-order valence-electron chi connectivity index (χ3n) is 4.88. The number of thioether (sulfide) groups is 1. The predicted octanol–water partition coefficient (Wildman–Crippen LogP) is 6.20. The SMILES string of the molecule is CCCCNC(=O)[C@@H](CC)N(Cc1ccc(Cl)c(Cl)c1)C(=O)CCSc1ccccc1. The molecule has 0 aliphatic heterocycles. The number of unbranched alkanes of at least 4 members (excludes halogenated alkanes) is 1. The number of nitrogens with zero attached hydrogens (tertiary/aromatic N) is 1. The molecule has 2 aromatic rings. The highest BCUT2D eigenvalue weighted by Crippen LogP contribution is 2.25. The van der Waals surface area contributed by atoms with E-state index in [1.54, 1.807) is 28.8 Å². The van der Waals surface area contributed by atoms with Gasteiger partial charge in [0.2, 0.25) is 11.8 Å². The second-order valence-corrected chi connectivity index (χ2v) is 9.23. The van der Waals surface area contributed by atoms with E-state index in [2.05, 4.69) is 12.2 Å². The van der Waals surface area contributed by atoms with Crippen LogP contribution in [0.1, 0.15) is 45.1 Å². The molecule has 2 amide bonds. The Labute approximate surface area is 199 Å². The fraction of sp³-hybridized carbons (Fsp3) is 0.417. The molecule has 0 spiro atoms. The van der Waals surface area contributed by atoms with Crippen molar-refractivity contribution in [1.29, 1.82) is 0 Å². The summed E-state index contributed by atoms with van der Waals surface area (Å²) in [6, 6.07) is 14.8. The van der Waals surface area contributed by atoms with Crippen molar-refractivity contribution in [2.75, 3.05) is 12.3 Å². The standard InChI is InChI=1S/C24H30Cl2N2O2S/c1-3-5-14-27-24(30)22(4-2)28(17-18-11-12-20(25)21(26)16-18)23(29)13-15-31-19-9-7-6-8-10-19/h6-12,16,22H,3-5,13-15,17H2,1-2H3,(H,27,30)/t22-/m1/s1. The van der Waals surface area contributed by atoms with Crippen LogP contribution in [-0.2, 0) is 16.1 Å². The van der Waals surface area contributed by atoms with Gasteiger partial charge in [0.05, 0.1) is 10.0 Å². The lowest BCUT2D eigenvalue weighted by molar-refractivity contribution is -0.141. The molecular weight excluding hydrogens is 451 g/mol. The van der Waals surface area contributed by atoms with Crippen LogP contribution in [0.5, 0.6) is 0 Å². The van der Waals surface area contributed by atoms with Crippen LogP contribution in [0.3, 0.4) is 0 Å². The molecule has 2 aromatic carbocycles. The van der Waals surface area contributed by atoms with E-state index in [1.165, 1.54) is 0 Å². The van der Waals surface area contributed by atoms with E-state index in [-0.39, 0.29) is 11.8 Å². The van der Waals surface area contributed by atoms with Crippen molar-refractivity contribution < 1.29 is 9.59 Å². The fourth-order valence-electron chi connectivity index (χ4n) is 3.18. The molecule has 4 nitrogen and oxygen atoms in total. The van der Waals surface area contributed by atoms with Gasteiger partial charge < -0.3 is 10.2 Å². The lowest BCUT2D eigenvalue weighted by Gasteiger charge is -2.31. The summed E-state index contributed by atoms with van der Waals surface area (Å²) in [6.07, 6.45) is 2.80. The summed E-state index contributed by atoms with van der Waals surface area (Å²) in [7, 11) is 0. The number of nitrogens with one attached hydrogen (secondary N) is 1. The van der Waals surface area contributed by atoms with Gasteiger partial charge in [-0.3, -0.25) is 9.59 Å². The third kappa shape index (κ3) is 8.40. The minimum Gasteiger partial charge on any atom is -0.354 e. The van der Waals surface area contributed by atoms with Crippen LogP contribution in [0.25, 0.3) is 0 Å². The van der Waals surface area contributed by atoms with Gasteiger partial charge >= 0.3 is 0 Å². The average Bonchev–Trinajstić information content (AvgIpc) is 2.77. The zero-order valence-corrected chi connectivity index (χ0v) is 20.4. The lowest BCUT2D eigenvalue weighted by atomic mass is 10.1. The van der Waals surface area contributed by atoms with Crippen LogP contribution in [0.2, 0.25) is 10.0 Å². The molecule has 0 radical (unpaired) electrons. The second kappa shape index (κ2) is 13.7. The van der Waals surface area contributed by atoms with Crippen molar-refractivity contribution in [2.24, 2.45) is 0 Å². The molecule has 2 rings (SSSR count). The zero-order valence-electron chi connectivity index (χ0n) is 18.1. The quantitative estimate of drug-likeness (QED) is 0.290. The number of hydrogen-bond acceptors (Lipinski definition) is 3. The first-order valence-corrected chi connectivity index (χ1v) is 12.4. The van der Waals surface area contributed by atoms with Crippen LogP contribution < -0.4 is 5.32 Å². The Morgan fingerprint density at radius 1 is 1.06 bits per heavy atom. The molecular formula is C24H30Cl2N2O2S. The summed E-state index contributed by atoms with van der Waals surface area (Å²) in [4.78, 5) is 28.8. The smallest absolute Gasteiger partial charge is 0.242 e. The fourth-order valence-corrected chi connectivity index (χ4v) is 4.36. The maximum atomic E-state index is 13.2. The third-order valence-corrected chi connectivity index (χ3v) is 6.63. The first kappa shape index (κ1) is 25.6. The van der Waals surface area contributed by atoms with Gasteiger partial charge in [-0.15, -0.1) is 11.8 Å². The number of halogens is 2. The number of rotatable bonds is 12. The van der Waals surface area contributed by atoms with E-state index in [4.69, 9.17) is 23.2 Å². The summed E-state index contributed by atoms with van der Waals surface area (Å²) in [6.45, 7) is 4.93. The molecule has 7 heteroatoms. The van der Waals surface area contributed by atoms with Crippen molar-refractivity contribution in [2.45, 2.75) is 57.0 Å². The van der Waals surface area contributed by atoms with Crippen molar-refractivity contribution >= 4 is 46.8 Å². The molecule has 0 fully saturated rings. The van der Waals surface area contributed by atoms with Gasteiger partial charge in [0, 0.05) is 30.2 Å². The molecule has 0 aliphatic rings. The number of carbonyl (C=O) groups is 2. The molecule has 0 aliphatic carbocycles. The van der Waals surface area contributed by atoms with Gasteiger partial charge in [-0.1, -0.05) is 67.7 Å². The molecule has 0 saturated carbocycles. The highest BCUT2D eigenvalue weighted by atomic mass is 35.5. The van der Waals surface area contributed by atoms with E-state index in [9.17, 15) is 9.59 Å². The number of benzene rings is 2. The molecule has 31 heavy (non-hydrogen) atoms. The minimum absolute atomic E-state index is 0.0491. The molecule has 0 saturated heterocycles. The summed E-state index contributed by atoms with van der Waals surface area (Å²) in [5, 5.41) is 3.87. The number of carbonyl (C=O) groups excluding carboxylic acids is 2. The molecule has 0 heterocycles. The lowest BCUT2D eigenvalue weighted by Crippen LogP contribution is -2.49. The Bertz CT molecular complexity index is 849. The van der Waals surface area contributed by atoms with Gasteiger partial charge in [0.1, 0.15) is 6.04 Å². The van der Waals surface area contributed by atoms with E-state index in [0.29, 0.717) is 41.7 Å². The van der Waals surface area contributed by atoms with Gasteiger partial charge in [-0.05, 0) is 42.7 Å². The van der Waals surface area contributed by atoms with Gasteiger partial charge in [-0.2, -0.15) is 0 Å². The van der Waals surface area contributed by atoms with Crippen LogP contribution in [0, 0.1) is 0 Å². The molecule has 0 unspecified atom stereocenters. The number of hydrogen-bond donors (Lipinski definition) is 1. The second-order valence-electron chi connectivity index (χ2n) is 7.25. The minimum atomic E-state index is -0.527. The summed E-state index contributed by atoms with van der Waals surface area (Å²) >= 11 is 13.8. The Morgan fingerprint density at radius 3 is 2.45 bits per heavy atom. The van der Waals surface area contributed by atoms with Gasteiger partial charge in [0.25, 0.3) is 0 Å². The first-order valence-electron chi connectivity index (χ1n) is 10.6. The van der Waals surface area contributed by atoms with Crippen molar-refractivity contribution in [3.05, 3.63) is 64.1 Å². The zero-order chi connectivity index (χ0) is 22.6. The Morgan fingerprint density at radius 2 is 1.81 bits per heavy atom. The van der Waals surface area contributed by atoms with Crippen LogP contribution >= 0.6 is 35.0 Å². The molecule has 0 bridgehead atoms. The van der Waals surface area contributed by atoms with Crippen molar-refractivity contribution in [3.8, 4) is 0 Å². The van der Waals surface area contributed by atoms with E-state index >= 15 is 0 Å². The maximum Gasteiger partial charge on any atom is 0.242 e. The molecule has 0 aromatic heterocycles. The largest absolute Gasteiger partial charge is 0.354 e. The van der Waals surface area contributed by atoms with Crippen molar-refractivity contribution in [3.63, 3.8) is 0 Å². The van der Waals surface area contributed by atoms with Crippen LogP contribution in [0.15, 0.2) is 53.4 Å². The summed E-state index contributed by atoms with van der Waals surface area (Å²) < 4.78 is 0. The normalized spacial score (nSPS) is 11.7. The summed E-state index contributed by atoms with van der Waals surface area (Å²) in [5.41, 5.74) is 0.846.